The second-order valence-corrected chi connectivity index (χ2v) is 9.87. The summed E-state index contributed by atoms with van der Waals surface area (Å²) in [5.41, 5.74) is 3.16. The van der Waals surface area contributed by atoms with Crippen LogP contribution < -0.4 is 4.74 Å². The van der Waals surface area contributed by atoms with Gasteiger partial charge in [-0.1, -0.05) is 51.0 Å². The molecule has 2 heterocycles. The maximum Gasteiger partial charge on any atom is 0.222 e. The minimum Gasteiger partial charge on any atom is -0.481 e. The van der Waals surface area contributed by atoms with Crippen molar-refractivity contribution < 1.29 is 9.84 Å². The first kappa shape index (κ1) is 24.4. The highest BCUT2D eigenvalue weighted by atomic mass is 16.5. The van der Waals surface area contributed by atoms with Crippen molar-refractivity contribution in [3.05, 3.63) is 71.4 Å². The Balaban J connectivity index is 2.06. The van der Waals surface area contributed by atoms with Crippen LogP contribution in [-0.4, -0.2) is 27.2 Å². The first-order valence-corrected chi connectivity index (χ1v) is 11.0. The number of nitrogens with zero attached hydrogens (tertiary/aromatic N) is 3. The molecule has 0 saturated heterocycles. The minimum absolute atomic E-state index is 0.208. The molecule has 3 rings (SSSR count). The van der Waals surface area contributed by atoms with Crippen LogP contribution in [0, 0.1) is 24.2 Å². The van der Waals surface area contributed by atoms with E-state index in [9.17, 15) is 5.11 Å². The number of benzene rings is 1. The minimum atomic E-state index is -1.44. The molecule has 0 saturated carbocycles. The van der Waals surface area contributed by atoms with E-state index in [0.717, 1.165) is 16.7 Å². The Labute approximate surface area is 197 Å². The van der Waals surface area contributed by atoms with Crippen LogP contribution in [-0.2, 0) is 11.0 Å². The maximum atomic E-state index is 12.0. The van der Waals surface area contributed by atoms with Crippen LogP contribution in [0.2, 0.25) is 0 Å². The zero-order valence-corrected chi connectivity index (χ0v) is 20.8. The van der Waals surface area contributed by atoms with Crippen LogP contribution in [0.25, 0.3) is 11.1 Å². The maximum absolute atomic E-state index is 12.0. The fraction of sp³-hybridized carbons (Fsp3) is 0.393. The molecule has 1 N–H and O–H groups in total. The molecule has 0 aliphatic heterocycles. The van der Waals surface area contributed by atoms with E-state index in [1.54, 1.807) is 12.4 Å². The van der Waals surface area contributed by atoms with Gasteiger partial charge in [-0.3, -0.25) is 4.98 Å². The summed E-state index contributed by atoms with van der Waals surface area (Å²) in [4.78, 5) is 13.0. The standard InChI is InChI=1S/C28H33N3O2/c1-9-14-27(6,7)21-11-12-22(19(2)15-21)20-10-13-24(30-16-20)28(32,26(3,4)5)23-17-29-18-31-25(23)33-8/h10-13,15-18,32H,1-8H3. The van der Waals surface area contributed by atoms with E-state index in [4.69, 9.17) is 9.72 Å². The van der Waals surface area contributed by atoms with Crippen molar-refractivity contribution in [3.8, 4) is 28.8 Å². The highest BCUT2D eigenvalue weighted by Crippen LogP contribution is 2.46. The lowest BCUT2D eigenvalue weighted by molar-refractivity contribution is -0.0319. The third-order valence-corrected chi connectivity index (χ3v) is 6.18. The summed E-state index contributed by atoms with van der Waals surface area (Å²) >= 11 is 0. The molecule has 0 aliphatic carbocycles. The number of pyridine rings is 1. The topological polar surface area (TPSA) is 68.1 Å². The summed E-state index contributed by atoms with van der Waals surface area (Å²) < 4.78 is 5.42. The molecule has 0 aliphatic rings. The fourth-order valence-electron chi connectivity index (χ4n) is 4.18. The van der Waals surface area contributed by atoms with E-state index < -0.39 is 11.0 Å². The van der Waals surface area contributed by atoms with Gasteiger partial charge in [0, 0.05) is 23.4 Å². The molecule has 0 bridgehead atoms. The molecule has 1 aromatic carbocycles. The highest BCUT2D eigenvalue weighted by molar-refractivity contribution is 5.67. The summed E-state index contributed by atoms with van der Waals surface area (Å²) in [6.07, 6.45) is 4.81. The van der Waals surface area contributed by atoms with E-state index >= 15 is 0 Å². The van der Waals surface area contributed by atoms with Crippen molar-refractivity contribution in [2.75, 3.05) is 7.11 Å². The Kier molecular flexibility index (Phi) is 6.63. The summed E-state index contributed by atoms with van der Waals surface area (Å²) in [5.74, 6) is 6.63. The van der Waals surface area contributed by atoms with Gasteiger partial charge >= 0.3 is 0 Å². The van der Waals surface area contributed by atoms with Gasteiger partial charge < -0.3 is 9.84 Å². The molecule has 33 heavy (non-hydrogen) atoms. The van der Waals surface area contributed by atoms with E-state index in [2.05, 4.69) is 60.8 Å². The van der Waals surface area contributed by atoms with Crippen molar-refractivity contribution in [2.24, 2.45) is 5.41 Å². The lowest BCUT2D eigenvalue weighted by atomic mass is 9.70. The molecule has 1 atom stereocenters. The second kappa shape index (κ2) is 8.96. The Morgan fingerprint density at radius 2 is 1.70 bits per heavy atom. The van der Waals surface area contributed by atoms with Crippen LogP contribution in [0.1, 0.15) is 63.9 Å². The van der Waals surface area contributed by atoms with E-state index in [0.29, 0.717) is 17.1 Å². The molecule has 0 amide bonds. The van der Waals surface area contributed by atoms with Crippen molar-refractivity contribution in [3.63, 3.8) is 0 Å². The molecule has 1 unspecified atom stereocenters. The van der Waals surface area contributed by atoms with Crippen molar-refractivity contribution in [1.29, 1.82) is 0 Å². The van der Waals surface area contributed by atoms with Crippen LogP contribution >= 0.6 is 0 Å². The lowest BCUT2D eigenvalue weighted by Gasteiger charge is -2.40. The molecule has 172 valence electrons. The monoisotopic (exact) mass is 443 g/mol. The number of methoxy groups -OCH3 is 1. The van der Waals surface area contributed by atoms with Gasteiger partial charge in [0.05, 0.1) is 23.8 Å². The third-order valence-electron chi connectivity index (χ3n) is 6.18. The summed E-state index contributed by atoms with van der Waals surface area (Å²) in [6, 6.07) is 10.3. The predicted molar refractivity (Wildman–Crippen MR) is 132 cm³/mol. The van der Waals surface area contributed by atoms with Gasteiger partial charge in [0.15, 0.2) is 0 Å². The molecule has 5 heteroatoms. The van der Waals surface area contributed by atoms with Gasteiger partial charge in [-0.05, 0) is 50.5 Å². The van der Waals surface area contributed by atoms with Crippen molar-refractivity contribution in [1.82, 2.24) is 15.0 Å². The van der Waals surface area contributed by atoms with Gasteiger partial charge in [0.2, 0.25) is 5.88 Å². The SMILES string of the molecule is CC#CC(C)(C)c1ccc(-c2ccc(C(O)(c3cncnc3OC)C(C)(C)C)nc2)c(C)c1. The van der Waals surface area contributed by atoms with Crippen LogP contribution in [0.15, 0.2) is 49.1 Å². The molecule has 0 fully saturated rings. The summed E-state index contributed by atoms with van der Waals surface area (Å²) in [5, 5.41) is 12.0. The normalized spacial score (nSPS) is 13.6. The van der Waals surface area contributed by atoms with Gasteiger partial charge in [-0.2, -0.15) is 0 Å². The van der Waals surface area contributed by atoms with Crippen LogP contribution in [0.4, 0.5) is 0 Å². The molecule has 5 nitrogen and oxygen atoms in total. The van der Waals surface area contributed by atoms with E-state index in [1.807, 2.05) is 39.8 Å². The fourth-order valence-corrected chi connectivity index (χ4v) is 4.18. The van der Waals surface area contributed by atoms with Gasteiger partial charge in [0.1, 0.15) is 11.9 Å². The Bertz CT molecular complexity index is 1200. The number of hydrogen-bond donors (Lipinski definition) is 1. The second-order valence-electron chi connectivity index (χ2n) is 9.87. The van der Waals surface area contributed by atoms with Crippen molar-refractivity contribution >= 4 is 0 Å². The zero-order valence-electron chi connectivity index (χ0n) is 20.8. The third kappa shape index (κ3) is 4.49. The predicted octanol–water partition coefficient (Wildman–Crippen LogP) is 5.44. The number of rotatable bonds is 5. The van der Waals surface area contributed by atoms with Crippen molar-refractivity contribution in [2.45, 2.75) is 59.5 Å². The van der Waals surface area contributed by atoms with Gasteiger partial charge in [-0.25, -0.2) is 9.97 Å². The van der Waals surface area contributed by atoms with Gasteiger partial charge in [0.25, 0.3) is 0 Å². The van der Waals surface area contributed by atoms with E-state index in [-0.39, 0.29) is 5.41 Å². The number of aromatic nitrogens is 3. The van der Waals surface area contributed by atoms with Gasteiger partial charge in [-0.15, -0.1) is 5.92 Å². The largest absolute Gasteiger partial charge is 0.481 e. The number of ether oxygens (including phenoxy) is 1. The van der Waals surface area contributed by atoms with E-state index in [1.165, 1.54) is 19.0 Å². The Morgan fingerprint density at radius 1 is 0.970 bits per heavy atom. The summed E-state index contributed by atoms with van der Waals surface area (Å²) in [7, 11) is 1.53. The first-order chi connectivity index (χ1) is 15.5. The Hall–Kier alpha value is -3.23. The number of hydrogen-bond acceptors (Lipinski definition) is 5. The van der Waals surface area contributed by atoms with Crippen LogP contribution in [0.5, 0.6) is 5.88 Å². The first-order valence-electron chi connectivity index (χ1n) is 11.0. The molecule has 2 aromatic heterocycles. The molecular weight excluding hydrogens is 410 g/mol. The molecule has 3 aromatic rings. The zero-order chi connectivity index (χ0) is 24.4. The Morgan fingerprint density at radius 3 is 2.24 bits per heavy atom. The van der Waals surface area contributed by atoms with Crippen LogP contribution in [0.3, 0.4) is 0 Å². The number of aryl methyl sites for hydroxylation is 1. The quantitative estimate of drug-likeness (QED) is 0.532. The average molecular weight is 444 g/mol. The lowest BCUT2D eigenvalue weighted by Crippen LogP contribution is -2.42. The smallest absolute Gasteiger partial charge is 0.222 e. The average Bonchev–Trinajstić information content (AvgIpc) is 2.77. The molecule has 0 spiro atoms. The summed E-state index contributed by atoms with van der Waals surface area (Å²) in [6.45, 7) is 14.1. The highest BCUT2D eigenvalue weighted by Gasteiger charge is 2.47. The number of aliphatic hydroxyl groups is 1. The molecular formula is C28H33N3O2. The molecule has 0 radical (unpaired) electrons.